The molecule has 1 atom stereocenters. The molecule has 0 saturated heterocycles. The van der Waals surface area contributed by atoms with Gasteiger partial charge in [-0.2, -0.15) is 0 Å². The van der Waals surface area contributed by atoms with Crippen LogP contribution in [0.5, 0.6) is 0 Å². The second kappa shape index (κ2) is 5.44. The molecule has 0 radical (unpaired) electrons. The number of hydrogen-bond acceptors (Lipinski definition) is 1. The van der Waals surface area contributed by atoms with E-state index in [1.54, 1.807) is 42.5 Å². The van der Waals surface area contributed by atoms with Gasteiger partial charge in [0.2, 0.25) is 10.4 Å². The average molecular weight is 307 g/mol. The van der Waals surface area contributed by atoms with E-state index in [-0.39, 0.29) is 6.42 Å². The van der Waals surface area contributed by atoms with Crippen molar-refractivity contribution in [3.8, 4) is 0 Å². The second-order valence-corrected chi connectivity index (χ2v) is 5.32. The SMILES string of the molecule is O=C(c1ccccc1)C(F)(Br)Cc1ccccc1. The molecule has 0 fully saturated rings. The summed E-state index contributed by atoms with van der Waals surface area (Å²) in [5, 5.41) is 0. The fourth-order valence-corrected chi connectivity index (χ4v) is 2.29. The van der Waals surface area contributed by atoms with Crippen molar-refractivity contribution in [1.29, 1.82) is 0 Å². The Morgan fingerprint density at radius 2 is 1.50 bits per heavy atom. The topological polar surface area (TPSA) is 17.1 Å². The second-order valence-electron chi connectivity index (χ2n) is 4.06. The number of rotatable bonds is 4. The Morgan fingerprint density at radius 1 is 1.00 bits per heavy atom. The summed E-state index contributed by atoms with van der Waals surface area (Å²) in [4.78, 5) is 12.0. The van der Waals surface area contributed by atoms with Crippen molar-refractivity contribution < 1.29 is 9.18 Å². The maximum absolute atomic E-state index is 14.4. The zero-order valence-corrected chi connectivity index (χ0v) is 11.2. The van der Waals surface area contributed by atoms with Crippen LogP contribution < -0.4 is 0 Å². The van der Waals surface area contributed by atoms with Crippen molar-refractivity contribution in [2.75, 3.05) is 0 Å². The van der Waals surface area contributed by atoms with Crippen LogP contribution in [0.15, 0.2) is 60.7 Å². The summed E-state index contributed by atoms with van der Waals surface area (Å²) in [7, 11) is 0. The van der Waals surface area contributed by atoms with Crippen molar-refractivity contribution in [2.45, 2.75) is 11.0 Å². The van der Waals surface area contributed by atoms with E-state index in [0.717, 1.165) is 5.56 Å². The summed E-state index contributed by atoms with van der Waals surface area (Å²) >= 11 is 2.90. The molecular formula is C15H12BrFO. The van der Waals surface area contributed by atoms with Crippen molar-refractivity contribution >= 4 is 21.7 Å². The molecule has 0 aliphatic carbocycles. The van der Waals surface area contributed by atoms with Gasteiger partial charge in [0.1, 0.15) is 0 Å². The Morgan fingerprint density at radius 3 is 2.06 bits per heavy atom. The summed E-state index contributed by atoms with van der Waals surface area (Å²) in [5.74, 6) is -0.549. The number of ketones is 1. The third-order valence-electron chi connectivity index (χ3n) is 2.64. The molecule has 1 nitrogen and oxygen atoms in total. The maximum atomic E-state index is 14.4. The van der Waals surface area contributed by atoms with Crippen LogP contribution in [0.2, 0.25) is 0 Å². The lowest BCUT2D eigenvalue weighted by Gasteiger charge is -2.17. The van der Waals surface area contributed by atoms with E-state index >= 15 is 0 Å². The highest BCUT2D eigenvalue weighted by molar-refractivity contribution is 9.10. The van der Waals surface area contributed by atoms with E-state index in [1.807, 2.05) is 18.2 Å². The van der Waals surface area contributed by atoms with Crippen molar-refractivity contribution in [2.24, 2.45) is 0 Å². The van der Waals surface area contributed by atoms with E-state index in [2.05, 4.69) is 15.9 Å². The minimum Gasteiger partial charge on any atom is -0.289 e. The lowest BCUT2D eigenvalue weighted by atomic mass is 10.0. The van der Waals surface area contributed by atoms with Gasteiger partial charge in [-0.15, -0.1) is 0 Å². The molecule has 1 unspecified atom stereocenters. The maximum Gasteiger partial charge on any atom is 0.231 e. The van der Waals surface area contributed by atoms with E-state index in [0.29, 0.717) is 5.56 Å². The number of alkyl halides is 2. The van der Waals surface area contributed by atoms with Gasteiger partial charge in [0.25, 0.3) is 0 Å². The van der Waals surface area contributed by atoms with Gasteiger partial charge in [-0.25, -0.2) is 4.39 Å². The first-order valence-electron chi connectivity index (χ1n) is 5.61. The molecule has 0 bridgehead atoms. The van der Waals surface area contributed by atoms with Crippen LogP contribution in [-0.4, -0.2) is 10.4 Å². The molecule has 0 spiro atoms. The Labute approximate surface area is 114 Å². The number of hydrogen-bond donors (Lipinski definition) is 0. The minimum atomic E-state index is -2.06. The smallest absolute Gasteiger partial charge is 0.231 e. The molecule has 2 rings (SSSR count). The third-order valence-corrected chi connectivity index (χ3v) is 3.28. The quantitative estimate of drug-likeness (QED) is 0.612. The Kier molecular flexibility index (Phi) is 3.92. The Hall–Kier alpha value is -1.48. The van der Waals surface area contributed by atoms with Crippen LogP contribution in [0.25, 0.3) is 0 Å². The summed E-state index contributed by atoms with van der Waals surface area (Å²) in [6, 6.07) is 17.6. The van der Waals surface area contributed by atoms with Crippen LogP contribution in [-0.2, 0) is 6.42 Å². The van der Waals surface area contributed by atoms with E-state index in [1.165, 1.54) is 0 Å². The Bertz CT molecular complexity index is 523. The standard InChI is InChI=1S/C15H12BrFO/c16-15(17,11-12-7-3-1-4-8-12)14(18)13-9-5-2-6-10-13/h1-10H,11H2. The van der Waals surface area contributed by atoms with Crippen LogP contribution >= 0.6 is 15.9 Å². The lowest BCUT2D eigenvalue weighted by molar-refractivity contribution is 0.0847. The molecule has 0 aliphatic heterocycles. The van der Waals surface area contributed by atoms with E-state index in [9.17, 15) is 9.18 Å². The Balaban J connectivity index is 2.19. The number of carbonyl (C=O) groups is 1. The number of benzene rings is 2. The first-order valence-corrected chi connectivity index (χ1v) is 6.40. The van der Waals surface area contributed by atoms with Gasteiger partial charge in [-0.1, -0.05) is 60.7 Å². The average Bonchev–Trinajstić information content (AvgIpc) is 2.39. The number of Topliss-reactive ketones (excluding diaryl/α,β-unsaturated/α-hetero) is 1. The van der Waals surface area contributed by atoms with Crippen LogP contribution in [0.4, 0.5) is 4.39 Å². The summed E-state index contributed by atoms with van der Waals surface area (Å²) < 4.78 is 12.4. The minimum absolute atomic E-state index is 0.0154. The van der Waals surface area contributed by atoms with Gasteiger partial charge < -0.3 is 0 Å². The molecule has 0 heterocycles. The van der Waals surface area contributed by atoms with Crippen molar-refractivity contribution in [3.63, 3.8) is 0 Å². The molecule has 92 valence electrons. The van der Waals surface area contributed by atoms with E-state index in [4.69, 9.17) is 0 Å². The van der Waals surface area contributed by atoms with Crippen LogP contribution in [0.3, 0.4) is 0 Å². The third kappa shape index (κ3) is 3.05. The fourth-order valence-electron chi connectivity index (χ4n) is 1.73. The van der Waals surface area contributed by atoms with Crippen molar-refractivity contribution in [3.05, 3.63) is 71.8 Å². The number of carbonyl (C=O) groups excluding carboxylic acids is 1. The normalized spacial score (nSPS) is 13.9. The molecule has 18 heavy (non-hydrogen) atoms. The molecule has 2 aromatic rings. The fraction of sp³-hybridized carbons (Fsp3) is 0.133. The zero-order chi connectivity index (χ0) is 13.0. The highest BCUT2D eigenvalue weighted by Gasteiger charge is 2.36. The largest absolute Gasteiger partial charge is 0.289 e. The first kappa shape index (κ1) is 13.0. The predicted octanol–water partition coefficient (Wildman–Crippen LogP) is 4.17. The molecule has 2 aromatic carbocycles. The number of halogens is 2. The summed E-state index contributed by atoms with van der Waals surface area (Å²) in [5.41, 5.74) is 1.15. The molecule has 0 aliphatic rings. The van der Waals surface area contributed by atoms with Gasteiger partial charge in [-0.3, -0.25) is 4.79 Å². The molecular weight excluding hydrogens is 295 g/mol. The highest BCUT2D eigenvalue weighted by atomic mass is 79.9. The van der Waals surface area contributed by atoms with Gasteiger partial charge in [0.05, 0.1) is 0 Å². The van der Waals surface area contributed by atoms with Gasteiger partial charge in [0, 0.05) is 12.0 Å². The van der Waals surface area contributed by atoms with Crippen molar-refractivity contribution in [1.82, 2.24) is 0 Å². The summed E-state index contributed by atoms with van der Waals surface area (Å²) in [6.45, 7) is 0. The molecule has 0 N–H and O–H groups in total. The first-order chi connectivity index (χ1) is 8.59. The van der Waals surface area contributed by atoms with Gasteiger partial charge in [0.15, 0.2) is 0 Å². The zero-order valence-electron chi connectivity index (χ0n) is 9.64. The van der Waals surface area contributed by atoms with Gasteiger partial charge in [-0.05, 0) is 21.5 Å². The van der Waals surface area contributed by atoms with Crippen LogP contribution in [0.1, 0.15) is 15.9 Å². The highest BCUT2D eigenvalue weighted by Crippen LogP contribution is 2.29. The molecule has 0 aromatic heterocycles. The lowest BCUT2D eigenvalue weighted by Crippen LogP contribution is -2.29. The van der Waals surface area contributed by atoms with Crippen LogP contribution in [0, 0.1) is 0 Å². The predicted molar refractivity (Wildman–Crippen MR) is 73.7 cm³/mol. The molecule has 0 saturated carbocycles. The van der Waals surface area contributed by atoms with Gasteiger partial charge >= 0.3 is 0 Å². The molecule has 0 amide bonds. The summed E-state index contributed by atoms with van der Waals surface area (Å²) in [6.07, 6.45) is 0.0154. The monoisotopic (exact) mass is 306 g/mol. The van der Waals surface area contributed by atoms with E-state index < -0.39 is 10.4 Å². The molecule has 3 heteroatoms.